The van der Waals surface area contributed by atoms with E-state index in [4.69, 9.17) is 4.42 Å². The predicted octanol–water partition coefficient (Wildman–Crippen LogP) is 4.18. The van der Waals surface area contributed by atoms with Crippen LogP contribution in [0.3, 0.4) is 0 Å². The van der Waals surface area contributed by atoms with Crippen LogP contribution in [0.5, 0.6) is 0 Å². The number of hydrogen-bond acceptors (Lipinski definition) is 5. The zero-order valence-corrected chi connectivity index (χ0v) is 19.9. The Bertz CT molecular complexity index is 1260. The van der Waals surface area contributed by atoms with Gasteiger partial charge in [-0.25, -0.2) is 9.52 Å². The minimum Gasteiger partial charge on any atom is -0.447 e. The van der Waals surface area contributed by atoms with Crippen molar-refractivity contribution in [2.24, 2.45) is 5.92 Å². The number of hydrogen-bond donors (Lipinski definition) is 3. The van der Waals surface area contributed by atoms with E-state index in [1.165, 1.54) is 22.8 Å². The molecule has 6 rings (SSSR count). The molecule has 2 bridgehead atoms. The van der Waals surface area contributed by atoms with Crippen LogP contribution in [0.2, 0.25) is 0 Å². The first-order valence-electron chi connectivity index (χ1n) is 12.0. The highest BCUT2D eigenvalue weighted by atomic mass is 32.2. The summed E-state index contributed by atoms with van der Waals surface area (Å²) in [6.07, 6.45) is 8.47. The van der Waals surface area contributed by atoms with Gasteiger partial charge in [0.05, 0.1) is 5.60 Å². The Morgan fingerprint density at radius 1 is 1.09 bits per heavy atom. The molecule has 0 radical (unpaired) electrons. The quantitative estimate of drug-likeness (QED) is 0.624. The van der Waals surface area contributed by atoms with Crippen LogP contribution >= 0.6 is 0 Å². The fourth-order valence-electron chi connectivity index (χ4n) is 6.86. The minimum absolute atomic E-state index is 0.102. The molecule has 1 fully saturated rings. The number of fused-ring (bicyclic) bond motifs is 6. The van der Waals surface area contributed by atoms with Crippen molar-refractivity contribution in [2.45, 2.75) is 88.2 Å². The number of benzene rings is 1. The second-order valence-corrected chi connectivity index (χ2v) is 12.0. The van der Waals surface area contributed by atoms with Gasteiger partial charge in [-0.1, -0.05) is 0 Å². The SMILES string of the molecule is Cc1c2c(c(NC(=O)NS(=O)(=O)c3cc4c(o3)C3CCC(C3)C4(C)O)c3c1CCC3)CCC2. The predicted molar refractivity (Wildman–Crippen MR) is 123 cm³/mol. The van der Waals surface area contributed by atoms with Crippen molar-refractivity contribution in [3.8, 4) is 0 Å². The number of furan rings is 1. The molecule has 2 aromatic rings. The number of urea groups is 1. The molecule has 1 saturated carbocycles. The zero-order valence-electron chi connectivity index (χ0n) is 19.1. The maximum absolute atomic E-state index is 13.0. The maximum Gasteiger partial charge on any atom is 0.333 e. The van der Waals surface area contributed by atoms with E-state index in [1.807, 2.05) is 0 Å². The summed E-state index contributed by atoms with van der Waals surface area (Å²) in [5.74, 6) is 0.773. The first-order valence-corrected chi connectivity index (χ1v) is 13.5. The lowest BCUT2D eigenvalue weighted by Crippen LogP contribution is -2.35. The van der Waals surface area contributed by atoms with Crippen LogP contribution in [0, 0.1) is 12.8 Å². The highest BCUT2D eigenvalue weighted by Gasteiger charge is 2.49. The highest BCUT2D eigenvalue weighted by molar-refractivity contribution is 7.89. The number of sulfonamides is 1. The Hall–Kier alpha value is -2.32. The Kier molecular flexibility index (Phi) is 4.56. The summed E-state index contributed by atoms with van der Waals surface area (Å²) in [4.78, 5) is 12.9. The molecule has 4 aliphatic rings. The number of carbonyl (C=O) groups is 1. The summed E-state index contributed by atoms with van der Waals surface area (Å²) in [5, 5.41) is 13.6. The van der Waals surface area contributed by atoms with E-state index in [0.29, 0.717) is 11.3 Å². The molecule has 176 valence electrons. The molecule has 1 aromatic heterocycles. The van der Waals surface area contributed by atoms with Crippen molar-refractivity contribution < 1.29 is 22.7 Å². The van der Waals surface area contributed by atoms with Crippen LogP contribution in [0.1, 0.15) is 84.1 Å². The van der Waals surface area contributed by atoms with E-state index < -0.39 is 21.7 Å². The molecule has 0 spiro atoms. The lowest BCUT2D eigenvalue weighted by molar-refractivity contribution is -0.0115. The van der Waals surface area contributed by atoms with Crippen molar-refractivity contribution >= 4 is 21.7 Å². The Morgan fingerprint density at radius 3 is 2.39 bits per heavy atom. The van der Waals surface area contributed by atoms with Gasteiger partial charge in [-0.2, -0.15) is 8.42 Å². The minimum atomic E-state index is -4.22. The van der Waals surface area contributed by atoms with Gasteiger partial charge in [-0.05, 0) is 105 Å². The van der Waals surface area contributed by atoms with Crippen molar-refractivity contribution in [1.29, 1.82) is 0 Å². The van der Waals surface area contributed by atoms with Gasteiger partial charge in [0.25, 0.3) is 10.0 Å². The maximum atomic E-state index is 13.0. The van der Waals surface area contributed by atoms with Gasteiger partial charge in [0, 0.05) is 23.2 Å². The molecule has 4 aliphatic carbocycles. The smallest absolute Gasteiger partial charge is 0.333 e. The van der Waals surface area contributed by atoms with Crippen LogP contribution in [-0.4, -0.2) is 19.6 Å². The standard InChI is InChI=1S/C25H30N2O5S/c1-13-16-5-3-7-18(16)22(19-8-4-6-17(13)19)26-24(28)27-33(30,31)21-12-20-23(32-21)14-9-10-15(11-14)25(20,2)29/h12,14-15,29H,3-11H2,1-2H3,(H2,26,27,28). The van der Waals surface area contributed by atoms with Crippen molar-refractivity contribution in [3.05, 3.63) is 45.2 Å². The molecule has 1 aromatic carbocycles. The normalized spacial score (nSPS) is 27.2. The van der Waals surface area contributed by atoms with E-state index in [1.54, 1.807) is 6.92 Å². The first-order chi connectivity index (χ1) is 15.7. The Labute approximate surface area is 194 Å². The molecule has 8 heteroatoms. The third-order valence-electron chi connectivity index (χ3n) is 8.56. The van der Waals surface area contributed by atoms with Crippen LogP contribution in [0.15, 0.2) is 15.6 Å². The lowest BCUT2D eigenvalue weighted by atomic mass is 9.76. The Morgan fingerprint density at radius 2 is 1.73 bits per heavy atom. The molecule has 3 atom stereocenters. The molecule has 7 nitrogen and oxygen atoms in total. The lowest BCUT2D eigenvalue weighted by Gasteiger charge is -2.33. The average Bonchev–Trinajstić information content (AvgIpc) is 3.53. The number of amides is 2. The number of carbonyl (C=O) groups excluding carboxylic acids is 1. The van der Waals surface area contributed by atoms with Gasteiger partial charge >= 0.3 is 6.03 Å². The summed E-state index contributed by atoms with van der Waals surface area (Å²) in [7, 11) is -4.22. The molecule has 3 unspecified atom stereocenters. The molecule has 33 heavy (non-hydrogen) atoms. The highest BCUT2D eigenvalue weighted by Crippen LogP contribution is 2.55. The summed E-state index contributed by atoms with van der Waals surface area (Å²) >= 11 is 0. The van der Waals surface area contributed by atoms with Gasteiger partial charge in [0.2, 0.25) is 5.09 Å². The fraction of sp³-hybridized carbons (Fsp3) is 0.560. The largest absolute Gasteiger partial charge is 0.447 e. The van der Waals surface area contributed by atoms with Gasteiger partial charge in [-0.15, -0.1) is 0 Å². The molecule has 1 heterocycles. The van der Waals surface area contributed by atoms with E-state index in [2.05, 4.69) is 17.0 Å². The molecule has 2 amide bonds. The van der Waals surface area contributed by atoms with Gasteiger partial charge in [0.15, 0.2) is 0 Å². The molecule has 3 N–H and O–H groups in total. The number of aliphatic hydroxyl groups is 1. The van der Waals surface area contributed by atoms with Crippen molar-refractivity contribution in [3.63, 3.8) is 0 Å². The van der Waals surface area contributed by atoms with E-state index >= 15 is 0 Å². The zero-order chi connectivity index (χ0) is 23.1. The van der Waals surface area contributed by atoms with Crippen LogP contribution in [0.4, 0.5) is 10.5 Å². The summed E-state index contributed by atoms with van der Waals surface area (Å²) in [6, 6.07) is 0.626. The molecular weight excluding hydrogens is 440 g/mol. The third-order valence-corrected chi connectivity index (χ3v) is 9.74. The van der Waals surface area contributed by atoms with E-state index in [-0.39, 0.29) is 16.9 Å². The van der Waals surface area contributed by atoms with Gasteiger partial charge < -0.3 is 14.8 Å². The molecule has 0 aliphatic heterocycles. The molecule has 0 saturated heterocycles. The van der Waals surface area contributed by atoms with E-state index in [0.717, 1.165) is 74.6 Å². The monoisotopic (exact) mass is 470 g/mol. The fourth-order valence-corrected chi connectivity index (χ4v) is 7.72. The second kappa shape index (κ2) is 7.09. The molecular formula is C25H30N2O5S. The van der Waals surface area contributed by atoms with Gasteiger partial charge in [-0.3, -0.25) is 0 Å². The average molecular weight is 471 g/mol. The first kappa shape index (κ1) is 21.2. The number of rotatable bonds is 3. The number of anilines is 1. The Balaban J connectivity index is 1.29. The van der Waals surface area contributed by atoms with Crippen LogP contribution in [-0.2, 0) is 41.3 Å². The van der Waals surface area contributed by atoms with Crippen molar-refractivity contribution in [2.75, 3.05) is 5.32 Å². The summed E-state index contributed by atoms with van der Waals surface area (Å²) in [6.45, 7) is 3.89. The van der Waals surface area contributed by atoms with E-state index in [9.17, 15) is 18.3 Å². The second-order valence-electron chi connectivity index (χ2n) is 10.4. The van der Waals surface area contributed by atoms with Crippen LogP contribution in [0.25, 0.3) is 0 Å². The summed E-state index contributed by atoms with van der Waals surface area (Å²) in [5.41, 5.74) is 6.49. The van der Waals surface area contributed by atoms with Crippen LogP contribution < -0.4 is 10.0 Å². The van der Waals surface area contributed by atoms with Crippen molar-refractivity contribution in [1.82, 2.24) is 4.72 Å². The summed E-state index contributed by atoms with van der Waals surface area (Å²) < 4.78 is 34.0. The number of nitrogens with one attached hydrogen (secondary N) is 2. The third kappa shape index (κ3) is 3.10. The topological polar surface area (TPSA) is 109 Å². The van der Waals surface area contributed by atoms with Gasteiger partial charge in [0.1, 0.15) is 5.76 Å².